The summed E-state index contributed by atoms with van der Waals surface area (Å²) in [5.74, 6) is 0. The van der Waals surface area contributed by atoms with Gasteiger partial charge in [-0.05, 0) is 50.5 Å². The van der Waals surface area contributed by atoms with Gasteiger partial charge in [-0.15, -0.1) is 0 Å². The highest BCUT2D eigenvalue weighted by Gasteiger charge is 2.18. The Morgan fingerprint density at radius 1 is 1.09 bits per heavy atom. The van der Waals surface area contributed by atoms with E-state index in [9.17, 15) is 0 Å². The molecule has 0 bridgehead atoms. The molecule has 0 atom stereocenters. The van der Waals surface area contributed by atoms with Crippen LogP contribution in [-0.4, -0.2) is 64.2 Å². The van der Waals surface area contributed by atoms with E-state index in [1.54, 1.807) is 0 Å². The van der Waals surface area contributed by atoms with E-state index < -0.39 is 6.10 Å². The smallest absolute Gasteiger partial charge is 0.100 e. The number of hydrogen-bond acceptors (Lipinski definition) is 4. The Morgan fingerprint density at radius 3 is 2.32 bits per heavy atom. The van der Waals surface area contributed by atoms with Crippen LogP contribution in [0.15, 0.2) is 36.5 Å². The zero-order valence-corrected chi connectivity index (χ0v) is 13.1. The largest absolute Gasteiger partial charge is 0.394 e. The molecule has 5 heteroatoms. The molecule has 3 rings (SSSR count). The minimum Gasteiger partial charge on any atom is -0.394 e. The van der Waals surface area contributed by atoms with E-state index in [0.29, 0.717) is 6.04 Å². The number of piperidine rings is 1. The fraction of sp³-hybridized carbons (Fsp3) is 0.529. The molecule has 22 heavy (non-hydrogen) atoms. The van der Waals surface area contributed by atoms with Gasteiger partial charge in [-0.1, -0.05) is 18.2 Å². The third-order valence-electron chi connectivity index (χ3n) is 4.13. The van der Waals surface area contributed by atoms with Crippen LogP contribution in [0.2, 0.25) is 0 Å². The van der Waals surface area contributed by atoms with E-state index in [1.165, 1.54) is 36.8 Å². The van der Waals surface area contributed by atoms with Gasteiger partial charge in [-0.3, -0.25) is 0 Å². The average molecular weight is 306 g/mol. The second-order valence-corrected chi connectivity index (χ2v) is 5.84. The lowest BCUT2D eigenvalue weighted by Gasteiger charge is -2.30. The van der Waals surface area contributed by atoms with Crippen LogP contribution >= 0.6 is 0 Å². The van der Waals surface area contributed by atoms with Gasteiger partial charge in [0.05, 0.1) is 13.2 Å². The summed E-state index contributed by atoms with van der Waals surface area (Å²) in [7, 11) is 2.21. The maximum Gasteiger partial charge on any atom is 0.100 e. The van der Waals surface area contributed by atoms with Gasteiger partial charge in [-0.2, -0.15) is 0 Å². The van der Waals surface area contributed by atoms with E-state index in [-0.39, 0.29) is 13.2 Å². The summed E-state index contributed by atoms with van der Waals surface area (Å²) in [6, 6.07) is 11.6. The van der Waals surface area contributed by atoms with E-state index >= 15 is 0 Å². The monoisotopic (exact) mass is 306 g/mol. The summed E-state index contributed by atoms with van der Waals surface area (Å²) in [6.45, 7) is 1.71. The van der Waals surface area contributed by atoms with Gasteiger partial charge in [0, 0.05) is 17.8 Å². The first-order valence-corrected chi connectivity index (χ1v) is 7.79. The first-order chi connectivity index (χ1) is 10.7. The van der Waals surface area contributed by atoms with Crippen molar-refractivity contribution in [3.63, 3.8) is 0 Å². The number of benzene rings is 1. The molecule has 5 nitrogen and oxygen atoms in total. The summed E-state index contributed by atoms with van der Waals surface area (Å²) in [5.41, 5.74) is 1.39. The van der Waals surface area contributed by atoms with Crippen LogP contribution in [0.1, 0.15) is 18.9 Å². The summed E-state index contributed by atoms with van der Waals surface area (Å²) in [6.07, 6.45) is 3.84. The Kier molecular flexibility index (Phi) is 6.39. The normalized spacial score (nSPS) is 16.8. The molecular formula is C17H26N2O3. The number of aliphatic hydroxyl groups is 3. The van der Waals surface area contributed by atoms with Gasteiger partial charge in [-0.25, -0.2) is 0 Å². The second-order valence-electron chi connectivity index (χ2n) is 5.84. The van der Waals surface area contributed by atoms with Crippen LogP contribution in [0.25, 0.3) is 10.9 Å². The zero-order valence-electron chi connectivity index (χ0n) is 13.1. The highest BCUT2D eigenvalue weighted by Crippen LogP contribution is 2.26. The molecule has 2 heterocycles. The van der Waals surface area contributed by atoms with Gasteiger partial charge in [0.1, 0.15) is 6.10 Å². The highest BCUT2D eigenvalue weighted by atomic mass is 16.3. The van der Waals surface area contributed by atoms with E-state index in [4.69, 9.17) is 15.3 Å². The molecule has 0 radical (unpaired) electrons. The number of para-hydroxylation sites is 1. The predicted molar refractivity (Wildman–Crippen MR) is 87.9 cm³/mol. The van der Waals surface area contributed by atoms with Crippen molar-refractivity contribution < 1.29 is 15.3 Å². The van der Waals surface area contributed by atoms with Crippen molar-refractivity contribution in [1.29, 1.82) is 0 Å². The summed E-state index contributed by atoms with van der Waals surface area (Å²) >= 11 is 0. The van der Waals surface area contributed by atoms with Crippen molar-refractivity contribution >= 4 is 10.9 Å². The first kappa shape index (κ1) is 17.0. The number of nitrogens with zero attached hydrogens (tertiary/aromatic N) is 2. The van der Waals surface area contributed by atoms with Crippen molar-refractivity contribution in [2.75, 3.05) is 33.4 Å². The van der Waals surface area contributed by atoms with Gasteiger partial charge in [0.15, 0.2) is 0 Å². The van der Waals surface area contributed by atoms with Gasteiger partial charge < -0.3 is 24.8 Å². The molecule has 1 aromatic carbocycles. The topological polar surface area (TPSA) is 68.9 Å². The molecule has 122 valence electrons. The first-order valence-electron chi connectivity index (χ1n) is 7.79. The summed E-state index contributed by atoms with van der Waals surface area (Å²) in [4.78, 5) is 2.42. The lowest BCUT2D eigenvalue weighted by molar-refractivity contribution is 0.0450. The predicted octanol–water partition coefficient (Wildman–Crippen LogP) is 1.24. The third kappa shape index (κ3) is 4.30. The number of aromatic nitrogens is 1. The molecule has 3 N–H and O–H groups in total. The minimum absolute atomic E-state index is 0.365. The molecule has 1 saturated heterocycles. The number of likely N-dealkylation sites (tertiary alicyclic amines) is 1. The van der Waals surface area contributed by atoms with E-state index in [2.05, 4.69) is 53.0 Å². The van der Waals surface area contributed by atoms with Crippen molar-refractivity contribution in [2.45, 2.75) is 25.0 Å². The van der Waals surface area contributed by atoms with Gasteiger partial charge in [0.25, 0.3) is 0 Å². The van der Waals surface area contributed by atoms with Crippen LogP contribution in [-0.2, 0) is 0 Å². The molecule has 0 unspecified atom stereocenters. The zero-order chi connectivity index (χ0) is 15.9. The lowest BCUT2D eigenvalue weighted by atomic mass is 10.1. The van der Waals surface area contributed by atoms with Gasteiger partial charge >= 0.3 is 0 Å². The fourth-order valence-electron chi connectivity index (χ4n) is 2.75. The van der Waals surface area contributed by atoms with Crippen LogP contribution in [0.4, 0.5) is 0 Å². The molecule has 0 aliphatic carbocycles. The summed E-state index contributed by atoms with van der Waals surface area (Å²) in [5, 5.41) is 25.4. The molecule has 2 aromatic rings. The maximum absolute atomic E-state index is 8.17. The maximum atomic E-state index is 8.17. The van der Waals surface area contributed by atoms with Crippen LogP contribution in [0, 0.1) is 0 Å². The molecule has 1 fully saturated rings. The number of fused-ring (bicyclic) bond motifs is 1. The average Bonchev–Trinajstić information content (AvgIpc) is 2.99. The Labute approximate surface area is 131 Å². The van der Waals surface area contributed by atoms with Crippen LogP contribution < -0.4 is 0 Å². The van der Waals surface area contributed by atoms with E-state index in [0.717, 1.165) is 0 Å². The summed E-state index contributed by atoms with van der Waals surface area (Å²) < 4.78 is 2.46. The number of aliphatic hydroxyl groups excluding tert-OH is 3. The molecule has 1 aromatic heterocycles. The van der Waals surface area contributed by atoms with E-state index in [1.807, 2.05) is 0 Å². The Morgan fingerprint density at radius 2 is 1.73 bits per heavy atom. The van der Waals surface area contributed by atoms with Crippen LogP contribution in [0.5, 0.6) is 0 Å². The quantitative estimate of drug-likeness (QED) is 0.798. The Bertz CT molecular complexity index is 558. The van der Waals surface area contributed by atoms with Crippen molar-refractivity contribution in [3.05, 3.63) is 36.5 Å². The van der Waals surface area contributed by atoms with Crippen molar-refractivity contribution in [1.82, 2.24) is 9.47 Å². The molecule has 1 aliphatic heterocycles. The third-order valence-corrected chi connectivity index (χ3v) is 4.13. The SMILES string of the molecule is CN1CCC(n2ccc3ccccc32)CC1.OCC(O)CO. The standard InChI is InChI=1S/C14H18N2.C3H8O3/c1-15-9-7-13(8-10-15)16-11-6-12-4-2-3-5-14(12)16;4-1-3(6)2-5/h2-6,11,13H,7-10H2,1H3;3-6H,1-2H2. The van der Waals surface area contributed by atoms with Crippen molar-refractivity contribution in [2.24, 2.45) is 0 Å². The molecular weight excluding hydrogens is 280 g/mol. The molecule has 0 amide bonds. The minimum atomic E-state index is -0.954. The fourth-order valence-corrected chi connectivity index (χ4v) is 2.75. The second kappa shape index (κ2) is 8.29. The van der Waals surface area contributed by atoms with Crippen molar-refractivity contribution in [3.8, 4) is 0 Å². The number of hydrogen-bond donors (Lipinski definition) is 3. The molecule has 0 spiro atoms. The molecule has 1 aliphatic rings. The lowest BCUT2D eigenvalue weighted by Crippen LogP contribution is -2.31. The Hall–Kier alpha value is -1.40. The Balaban J connectivity index is 0.000000254. The van der Waals surface area contributed by atoms with Gasteiger partial charge in [0.2, 0.25) is 0 Å². The highest BCUT2D eigenvalue weighted by molar-refractivity contribution is 5.80. The molecule has 0 saturated carbocycles. The van der Waals surface area contributed by atoms with Crippen LogP contribution in [0.3, 0.4) is 0 Å². The number of rotatable bonds is 3.